The molecule has 1 aromatic rings. The van der Waals surface area contributed by atoms with Crippen molar-refractivity contribution in [1.29, 1.82) is 0 Å². The standard InChI is InChI=1S/C15H23N3O2/c1-3-17-15(20)13-5-4-11(16)8-14(13)18(2)9-10-6-12(19)7-10/h4-5,8,10,12,19H,3,6-7,9,16H2,1-2H3,(H,17,20). The molecule has 1 aliphatic rings. The van der Waals surface area contributed by atoms with Crippen molar-refractivity contribution < 1.29 is 9.90 Å². The van der Waals surface area contributed by atoms with Crippen LogP contribution in [-0.4, -0.2) is 37.3 Å². The Labute approximate surface area is 119 Å². The number of aliphatic hydroxyl groups excluding tert-OH is 1. The van der Waals surface area contributed by atoms with E-state index in [4.69, 9.17) is 5.73 Å². The molecule has 0 unspecified atom stereocenters. The zero-order chi connectivity index (χ0) is 14.7. The molecule has 0 saturated heterocycles. The van der Waals surface area contributed by atoms with Crippen molar-refractivity contribution in [2.45, 2.75) is 25.9 Å². The SMILES string of the molecule is CCNC(=O)c1ccc(N)cc1N(C)CC1CC(O)C1. The minimum atomic E-state index is -0.155. The molecule has 4 N–H and O–H groups in total. The van der Waals surface area contributed by atoms with Gasteiger partial charge in [-0.25, -0.2) is 0 Å². The third-order valence-electron chi connectivity index (χ3n) is 3.76. The van der Waals surface area contributed by atoms with Gasteiger partial charge < -0.3 is 21.1 Å². The average Bonchev–Trinajstić information content (AvgIpc) is 2.37. The Morgan fingerprint density at radius 1 is 1.50 bits per heavy atom. The van der Waals surface area contributed by atoms with Gasteiger partial charge in [0.2, 0.25) is 0 Å². The summed E-state index contributed by atoms with van der Waals surface area (Å²) in [5, 5.41) is 12.2. The van der Waals surface area contributed by atoms with Crippen LogP contribution in [0.5, 0.6) is 0 Å². The highest BCUT2D eigenvalue weighted by atomic mass is 16.3. The lowest BCUT2D eigenvalue weighted by Gasteiger charge is -2.35. The van der Waals surface area contributed by atoms with E-state index in [0.29, 0.717) is 23.7 Å². The fraction of sp³-hybridized carbons (Fsp3) is 0.533. The van der Waals surface area contributed by atoms with Gasteiger partial charge in [-0.2, -0.15) is 0 Å². The highest BCUT2D eigenvalue weighted by Crippen LogP contribution is 2.30. The first-order valence-electron chi connectivity index (χ1n) is 7.08. The first-order chi connectivity index (χ1) is 9.51. The summed E-state index contributed by atoms with van der Waals surface area (Å²) in [6.45, 7) is 3.32. The summed E-state index contributed by atoms with van der Waals surface area (Å²) < 4.78 is 0. The molecule has 1 saturated carbocycles. The Hall–Kier alpha value is -1.75. The number of benzene rings is 1. The molecule has 2 rings (SSSR count). The number of carbonyl (C=O) groups is 1. The minimum absolute atomic E-state index is 0.0806. The fourth-order valence-corrected chi connectivity index (χ4v) is 2.65. The second-order valence-corrected chi connectivity index (χ2v) is 5.51. The molecule has 0 spiro atoms. The Morgan fingerprint density at radius 2 is 2.20 bits per heavy atom. The average molecular weight is 277 g/mol. The zero-order valence-electron chi connectivity index (χ0n) is 12.1. The van der Waals surface area contributed by atoms with Gasteiger partial charge >= 0.3 is 0 Å². The van der Waals surface area contributed by atoms with E-state index in [2.05, 4.69) is 10.2 Å². The maximum Gasteiger partial charge on any atom is 0.253 e. The number of hydrogen-bond acceptors (Lipinski definition) is 4. The summed E-state index contributed by atoms with van der Waals surface area (Å²) >= 11 is 0. The number of rotatable bonds is 5. The van der Waals surface area contributed by atoms with Crippen molar-refractivity contribution in [3.63, 3.8) is 0 Å². The molecule has 1 fully saturated rings. The normalized spacial score (nSPS) is 21.1. The molecule has 5 heteroatoms. The van der Waals surface area contributed by atoms with E-state index in [1.165, 1.54) is 0 Å². The second-order valence-electron chi connectivity index (χ2n) is 5.51. The molecule has 1 aromatic carbocycles. The highest BCUT2D eigenvalue weighted by Gasteiger charge is 2.28. The van der Waals surface area contributed by atoms with Crippen LogP contribution in [0.2, 0.25) is 0 Å². The first-order valence-corrected chi connectivity index (χ1v) is 7.08. The number of nitrogens with one attached hydrogen (secondary N) is 1. The summed E-state index contributed by atoms with van der Waals surface area (Å²) in [6, 6.07) is 5.34. The number of nitrogens with two attached hydrogens (primary N) is 1. The van der Waals surface area contributed by atoms with Crippen molar-refractivity contribution in [1.82, 2.24) is 5.32 Å². The summed E-state index contributed by atoms with van der Waals surface area (Å²) in [6.07, 6.45) is 1.52. The predicted molar refractivity (Wildman–Crippen MR) is 80.9 cm³/mol. The predicted octanol–water partition coefficient (Wildman–Crippen LogP) is 1.23. The molecule has 0 bridgehead atoms. The smallest absolute Gasteiger partial charge is 0.253 e. The Kier molecular flexibility index (Phi) is 4.49. The lowest BCUT2D eigenvalue weighted by atomic mass is 9.82. The van der Waals surface area contributed by atoms with E-state index in [1.54, 1.807) is 12.1 Å². The largest absolute Gasteiger partial charge is 0.399 e. The van der Waals surface area contributed by atoms with E-state index >= 15 is 0 Å². The molecule has 1 aliphatic carbocycles. The van der Waals surface area contributed by atoms with Crippen LogP contribution in [0, 0.1) is 5.92 Å². The number of amides is 1. The number of nitrogen functional groups attached to an aromatic ring is 1. The van der Waals surface area contributed by atoms with Gasteiger partial charge in [-0.3, -0.25) is 4.79 Å². The third kappa shape index (κ3) is 3.22. The molecule has 1 amide bonds. The second kappa shape index (κ2) is 6.13. The molecule has 0 atom stereocenters. The number of anilines is 2. The van der Waals surface area contributed by atoms with Gasteiger partial charge in [0.25, 0.3) is 5.91 Å². The van der Waals surface area contributed by atoms with E-state index in [-0.39, 0.29) is 12.0 Å². The van der Waals surface area contributed by atoms with Gasteiger partial charge in [0.15, 0.2) is 0 Å². The van der Waals surface area contributed by atoms with E-state index < -0.39 is 0 Å². The quantitative estimate of drug-likeness (QED) is 0.707. The maximum absolute atomic E-state index is 12.1. The number of aliphatic hydroxyl groups is 1. The number of hydrogen-bond donors (Lipinski definition) is 3. The lowest BCUT2D eigenvalue weighted by molar-refractivity contribution is 0.0464. The summed E-state index contributed by atoms with van der Waals surface area (Å²) in [7, 11) is 1.96. The summed E-state index contributed by atoms with van der Waals surface area (Å²) in [5.41, 5.74) is 7.97. The van der Waals surface area contributed by atoms with E-state index in [0.717, 1.165) is 25.1 Å². The van der Waals surface area contributed by atoms with Crippen molar-refractivity contribution in [3.05, 3.63) is 23.8 Å². The van der Waals surface area contributed by atoms with E-state index in [1.807, 2.05) is 20.0 Å². The Bertz CT molecular complexity index is 484. The van der Waals surface area contributed by atoms with Crippen LogP contribution in [0.3, 0.4) is 0 Å². The fourth-order valence-electron chi connectivity index (χ4n) is 2.65. The van der Waals surface area contributed by atoms with Crippen LogP contribution in [0.1, 0.15) is 30.1 Å². The third-order valence-corrected chi connectivity index (χ3v) is 3.76. The molecule has 0 aromatic heterocycles. The molecule has 110 valence electrons. The van der Waals surface area contributed by atoms with Crippen LogP contribution in [0.25, 0.3) is 0 Å². The topological polar surface area (TPSA) is 78.6 Å². The molecule has 5 nitrogen and oxygen atoms in total. The summed E-state index contributed by atoms with van der Waals surface area (Å²) in [4.78, 5) is 14.1. The lowest BCUT2D eigenvalue weighted by Crippen LogP contribution is -2.38. The van der Waals surface area contributed by atoms with Gasteiger partial charge in [-0.05, 0) is 43.9 Å². The van der Waals surface area contributed by atoms with Crippen molar-refractivity contribution >= 4 is 17.3 Å². The maximum atomic E-state index is 12.1. The Balaban J connectivity index is 2.15. The van der Waals surface area contributed by atoms with Crippen LogP contribution >= 0.6 is 0 Å². The monoisotopic (exact) mass is 277 g/mol. The minimum Gasteiger partial charge on any atom is -0.399 e. The number of nitrogens with zero attached hydrogens (tertiary/aromatic N) is 1. The van der Waals surface area contributed by atoms with Crippen molar-refractivity contribution in [3.8, 4) is 0 Å². The molecular formula is C15H23N3O2. The van der Waals surface area contributed by atoms with Crippen LogP contribution < -0.4 is 16.0 Å². The molecular weight excluding hydrogens is 254 g/mol. The molecule has 20 heavy (non-hydrogen) atoms. The Morgan fingerprint density at radius 3 is 2.80 bits per heavy atom. The van der Waals surface area contributed by atoms with Crippen LogP contribution in [0.15, 0.2) is 18.2 Å². The zero-order valence-corrected chi connectivity index (χ0v) is 12.1. The van der Waals surface area contributed by atoms with Gasteiger partial charge in [-0.1, -0.05) is 0 Å². The van der Waals surface area contributed by atoms with Gasteiger partial charge in [0, 0.05) is 25.8 Å². The van der Waals surface area contributed by atoms with E-state index in [9.17, 15) is 9.90 Å². The highest BCUT2D eigenvalue weighted by molar-refractivity contribution is 6.00. The first kappa shape index (κ1) is 14.7. The molecule has 0 radical (unpaired) electrons. The van der Waals surface area contributed by atoms with Gasteiger partial charge in [0.05, 0.1) is 17.4 Å². The summed E-state index contributed by atoms with van der Waals surface area (Å²) in [5.74, 6) is 0.404. The van der Waals surface area contributed by atoms with Crippen LogP contribution in [-0.2, 0) is 0 Å². The van der Waals surface area contributed by atoms with Crippen molar-refractivity contribution in [2.24, 2.45) is 5.92 Å². The molecule has 0 aliphatic heterocycles. The van der Waals surface area contributed by atoms with Gasteiger partial charge in [0.1, 0.15) is 0 Å². The van der Waals surface area contributed by atoms with Gasteiger partial charge in [-0.15, -0.1) is 0 Å². The van der Waals surface area contributed by atoms with Crippen molar-refractivity contribution in [2.75, 3.05) is 30.8 Å². The number of carbonyl (C=O) groups excluding carboxylic acids is 1. The molecule has 0 heterocycles. The van der Waals surface area contributed by atoms with Crippen LogP contribution in [0.4, 0.5) is 11.4 Å².